The molecule has 0 unspecified atom stereocenters. The van der Waals surface area contributed by atoms with E-state index in [1.54, 1.807) is 12.4 Å². The van der Waals surface area contributed by atoms with Crippen LogP contribution < -0.4 is 4.87 Å². The molecule has 27 heavy (non-hydrogen) atoms. The van der Waals surface area contributed by atoms with Gasteiger partial charge in [0.2, 0.25) is 0 Å². The first-order chi connectivity index (χ1) is 13.2. The zero-order valence-corrected chi connectivity index (χ0v) is 15.5. The van der Waals surface area contributed by atoms with Crippen LogP contribution in [0, 0.1) is 6.92 Å². The third-order valence-electron chi connectivity index (χ3n) is 4.73. The summed E-state index contributed by atoms with van der Waals surface area (Å²) >= 11 is 1.29. The van der Waals surface area contributed by atoms with Crippen LogP contribution in [0.2, 0.25) is 0 Å². The van der Waals surface area contributed by atoms with Gasteiger partial charge < -0.3 is 0 Å². The molecule has 0 aliphatic carbocycles. The van der Waals surface area contributed by atoms with Crippen molar-refractivity contribution in [2.24, 2.45) is 0 Å². The van der Waals surface area contributed by atoms with Gasteiger partial charge in [-0.2, -0.15) is 0 Å². The number of hydrogen-bond donors (Lipinski definition) is 0. The lowest BCUT2D eigenvalue weighted by Crippen LogP contribution is -2.13. The maximum absolute atomic E-state index is 12.4. The smallest absolute Gasteiger partial charge is 0.296 e. The van der Waals surface area contributed by atoms with E-state index in [-0.39, 0.29) is 4.87 Å². The van der Waals surface area contributed by atoms with E-state index >= 15 is 0 Å². The lowest BCUT2D eigenvalue weighted by molar-refractivity contribution is 0.815. The Morgan fingerprint density at radius 3 is 2.67 bits per heavy atom. The summed E-state index contributed by atoms with van der Waals surface area (Å²) in [6, 6.07) is 18.2. The molecule has 0 N–H and O–H groups in total. The molecule has 5 nitrogen and oxygen atoms in total. The molecule has 0 saturated heterocycles. The fourth-order valence-corrected chi connectivity index (χ4v) is 4.37. The Labute approximate surface area is 159 Å². The van der Waals surface area contributed by atoms with Gasteiger partial charge in [-0.15, -0.1) is 0 Å². The maximum Gasteiger partial charge on any atom is 0.308 e. The number of para-hydroxylation sites is 1. The normalized spacial score (nSPS) is 11.4. The standard InChI is InChI=1S/C21H16N4OS/c1-14-23-17-12-22-11-10-18(17)25(14)16-8-6-15(7-9-16)13-24-19-4-2-3-5-20(19)27-21(24)26/h2-12H,13H2,1H3. The second-order valence-corrected chi connectivity index (χ2v) is 7.44. The van der Waals surface area contributed by atoms with Crippen molar-refractivity contribution in [2.75, 3.05) is 0 Å². The molecule has 132 valence electrons. The molecule has 0 fully saturated rings. The molecule has 0 radical (unpaired) electrons. The van der Waals surface area contributed by atoms with Crippen molar-refractivity contribution >= 4 is 32.6 Å². The van der Waals surface area contributed by atoms with E-state index < -0.39 is 0 Å². The number of aromatic nitrogens is 4. The van der Waals surface area contributed by atoms with Crippen LogP contribution in [0.5, 0.6) is 0 Å². The Hall–Kier alpha value is -3.25. The van der Waals surface area contributed by atoms with Crippen LogP contribution in [0.1, 0.15) is 11.4 Å². The highest BCUT2D eigenvalue weighted by atomic mass is 32.1. The monoisotopic (exact) mass is 372 g/mol. The van der Waals surface area contributed by atoms with Crippen LogP contribution in [0.4, 0.5) is 0 Å². The molecular weight excluding hydrogens is 356 g/mol. The molecule has 0 amide bonds. The molecule has 0 saturated carbocycles. The highest BCUT2D eigenvalue weighted by Gasteiger charge is 2.10. The highest BCUT2D eigenvalue weighted by Crippen LogP contribution is 2.22. The van der Waals surface area contributed by atoms with Gasteiger partial charge in [0.05, 0.1) is 28.5 Å². The SMILES string of the molecule is Cc1nc2cnccc2n1-c1ccc(Cn2c(=O)sc3ccccc32)cc1. The van der Waals surface area contributed by atoms with Crippen molar-refractivity contribution in [2.45, 2.75) is 13.5 Å². The third-order valence-corrected chi connectivity index (χ3v) is 5.69. The van der Waals surface area contributed by atoms with E-state index in [9.17, 15) is 4.79 Å². The molecule has 0 bridgehead atoms. The summed E-state index contributed by atoms with van der Waals surface area (Å²) in [5.74, 6) is 0.922. The minimum absolute atomic E-state index is 0.0734. The van der Waals surface area contributed by atoms with Crippen molar-refractivity contribution < 1.29 is 0 Å². The Balaban J connectivity index is 1.53. The average molecular weight is 372 g/mol. The Morgan fingerprint density at radius 2 is 1.81 bits per heavy atom. The van der Waals surface area contributed by atoms with Gasteiger partial charge in [0, 0.05) is 11.9 Å². The first kappa shape index (κ1) is 16.0. The number of aryl methyl sites for hydroxylation is 1. The first-order valence-electron chi connectivity index (χ1n) is 8.67. The summed E-state index contributed by atoms with van der Waals surface area (Å²) in [7, 11) is 0. The molecule has 3 heterocycles. The van der Waals surface area contributed by atoms with Crippen molar-refractivity contribution in [1.82, 2.24) is 19.1 Å². The first-order valence-corrected chi connectivity index (χ1v) is 9.49. The second-order valence-electron chi connectivity index (χ2n) is 6.45. The predicted molar refractivity (Wildman–Crippen MR) is 109 cm³/mol. The minimum atomic E-state index is 0.0734. The van der Waals surface area contributed by atoms with Gasteiger partial charge in [0.25, 0.3) is 0 Å². The molecule has 0 aliphatic heterocycles. The van der Waals surface area contributed by atoms with Gasteiger partial charge in [-0.25, -0.2) is 4.98 Å². The zero-order valence-electron chi connectivity index (χ0n) is 14.7. The van der Waals surface area contributed by atoms with Crippen molar-refractivity contribution in [3.8, 4) is 5.69 Å². The number of thiazole rings is 1. The van der Waals surface area contributed by atoms with Crippen LogP contribution in [-0.2, 0) is 6.54 Å². The molecule has 2 aromatic carbocycles. The molecule has 5 rings (SSSR count). The molecule has 5 aromatic rings. The Morgan fingerprint density at radius 1 is 1.00 bits per heavy atom. The Kier molecular flexibility index (Phi) is 3.65. The van der Waals surface area contributed by atoms with E-state index in [1.165, 1.54) is 11.3 Å². The van der Waals surface area contributed by atoms with Gasteiger partial charge in [-0.1, -0.05) is 35.6 Å². The number of nitrogens with zero attached hydrogens (tertiary/aromatic N) is 4. The number of pyridine rings is 1. The third kappa shape index (κ3) is 2.65. The fraction of sp³-hybridized carbons (Fsp3) is 0.0952. The number of rotatable bonds is 3. The summed E-state index contributed by atoms with van der Waals surface area (Å²) in [4.78, 5) is 21.1. The topological polar surface area (TPSA) is 52.7 Å². The molecule has 0 atom stereocenters. The lowest BCUT2D eigenvalue weighted by atomic mass is 10.2. The second kappa shape index (κ2) is 6.17. The summed E-state index contributed by atoms with van der Waals surface area (Å²) in [6.45, 7) is 2.56. The van der Waals surface area contributed by atoms with Crippen LogP contribution in [-0.4, -0.2) is 19.1 Å². The quantitative estimate of drug-likeness (QED) is 0.478. The summed E-state index contributed by atoms with van der Waals surface area (Å²) in [5.41, 5.74) is 5.05. The molecular formula is C21H16N4OS. The van der Waals surface area contributed by atoms with Crippen LogP contribution >= 0.6 is 11.3 Å². The van der Waals surface area contributed by atoms with Gasteiger partial charge in [0.15, 0.2) is 0 Å². The Bertz CT molecular complexity index is 1330. The van der Waals surface area contributed by atoms with Crippen LogP contribution in [0.15, 0.2) is 71.8 Å². The predicted octanol–water partition coefficient (Wildman–Crippen LogP) is 4.15. The average Bonchev–Trinajstić information content (AvgIpc) is 3.18. The maximum atomic E-state index is 12.4. The number of imidazole rings is 1. The van der Waals surface area contributed by atoms with E-state index in [0.29, 0.717) is 6.54 Å². The number of hydrogen-bond acceptors (Lipinski definition) is 4. The van der Waals surface area contributed by atoms with Crippen molar-refractivity contribution in [3.63, 3.8) is 0 Å². The van der Waals surface area contributed by atoms with Gasteiger partial charge in [-0.05, 0) is 42.8 Å². The van der Waals surface area contributed by atoms with Crippen LogP contribution in [0.25, 0.3) is 26.9 Å². The zero-order chi connectivity index (χ0) is 18.4. The molecule has 3 aromatic heterocycles. The number of benzene rings is 2. The van der Waals surface area contributed by atoms with Crippen LogP contribution in [0.3, 0.4) is 0 Å². The van der Waals surface area contributed by atoms with Crippen molar-refractivity contribution in [1.29, 1.82) is 0 Å². The van der Waals surface area contributed by atoms with E-state index in [1.807, 2.05) is 41.8 Å². The fourth-order valence-electron chi connectivity index (χ4n) is 3.48. The molecule has 0 spiro atoms. The largest absolute Gasteiger partial charge is 0.308 e. The highest BCUT2D eigenvalue weighted by molar-refractivity contribution is 7.16. The summed E-state index contributed by atoms with van der Waals surface area (Å²) in [6.07, 6.45) is 3.56. The molecule has 0 aliphatic rings. The van der Waals surface area contributed by atoms with E-state index in [4.69, 9.17) is 0 Å². The lowest BCUT2D eigenvalue weighted by Gasteiger charge is -2.09. The summed E-state index contributed by atoms with van der Waals surface area (Å²) < 4.78 is 4.97. The summed E-state index contributed by atoms with van der Waals surface area (Å²) in [5, 5.41) is 0. The van der Waals surface area contributed by atoms with E-state index in [2.05, 4.69) is 38.8 Å². The minimum Gasteiger partial charge on any atom is -0.296 e. The van der Waals surface area contributed by atoms with Crippen molar-refractivity contribution in [3.05, 3.63) is 88.0 Å². The number of fused-ring (bicyclic) bond motifs is 2. The molecule has 6 heteroatoms. The van der Waals surface area contributed by atoms with Gasteiger partial charge in [-0.3, -0.25) is 18.9 Å². The van der Waals surface area contributed by atoms with E-state index in [0.717, 1.165) is 38.3 Å². The van der Waals surface area contributed by atoms with Gasteiger partial charge in [0.1, 0.15) is 11.3 Å². The van der Waals surface area contributed by atoms with Gasteiger partial charge >= 0.3 is 4.87 Å².